The fourth-order valence-electron chi connectivity index (χ4n) is 5.02. The second-order valence-electron chi connectivity index (χ2n) is 9.22. The van der Waals surface area contributed by atoms with Crippen molar-refractivity contribution in [2.75, 3.05) is 12.4 Å². The zero-order valence-corrected chi connectivity index (χ0v) is 22.0. The van der Waals surface area contributed by atoms with E-state index in [1.807, 2.05) is 67.6 Å². The van der Waals surface area contributed by atoms with E-state index in [9.17, 15) is 14.7 Å². The van der Waals surface area contributed by atoms with Crippen LogP contribution in [0.15, 0.2) is 84.9 Å². The van der Waals surface area contributed by atoms with E-state index in [0.717, 1.165) is 11.1 Å². The Labute approximate surface area is 226 Å². The molecule has 8 heteroatoms. The zero-order valence-electron chi connectivity index (χ0n) is 21.1. The highest BCUT2D eigenvalue weighted by Gasteiger charge is 2.54. The molecule has 1 N–H and O–H groups in total. The maximum absolute atomic E-state index is 13.6. The van der Waals surface area contributed by atoms with Crippen LogP contribution in [0.3, 0.4) is 0 Å². The van der Waals surface area contributed by atoms with Crippen LogP contribution >= 0.6 is 11.8 Å². The van der Waals surface area contributed by atoms with E-state index in [2.05, 4.69) is 0 Å². The number of aliphatic hydroxyl groups is 1. The van der Waals surface area contributed by atoms with Gasteiger partial charge in [-0.15, -0.1) is 11.8 Å². The summed E-state index contributed by atoms with van der Waals surface area (Å²) in [6.45, 7) is 2.20. The highest BCUT2D eigenvalue weighted by molar-refractivity contribution is 7.99. The fourth-order valence-corrected chi connectivity index (χ4v) is 6.04. The summed E-state index contributed by atoms with van der Waals surface area (Å²) in [7, 11) is 0. The first-order valence-electron chi connectivity index (χ1n) is 12.8. The van der Waals surface area contributed by atoms with Crippen molar-refractivity contribution in [2.45, 2.75) is 49.9 Å². The van der Waals surface area contributed by atoms with Crippen LogP contribution in [0.2, 0.25) is 0 Å². The Bertz CT molecular complexity index is 1200. The number of fused-ring (bicyclic) bond motifs is 1. The van der Waals surface area contributed by atoms with Crippen LogP contribution in [0.25, 0.3) is 0 Å². The lowest BCUT2D eigenvalue weighted by Crippen LogP contribution is -2.65. The molecule has 0 spiro atoms. The van der Waals surface area contributed by atoms with E-state index >= 15 is 0 Å². The Morgan fingerprint density at radius 2 is 1.29 bits per heavy atom. The van der Waals surface area contributed by atoms with E-state index in [0.29, 0.717) is 16.9 Å². The molecule has 0 saturated carbocycles. The number of ether oxygens (including phenoxy) is 3. The third-order valence-electron chi connectivity index (χ3n) is 6.82. The van der Waals surface area contributed by atoms with E-state index < -0.39 is 29.8 Å². The minimum absolute atomic E-state index is 0.248. The van der Waals surface area contributed by atoms with Crippen molar-refractivity contribution < 1.29 is 28.9 Å². The number of rotatable bonds is 10. The first kappa shape index (κ1) is 26.6. The Morgan fingerprint density at radius 3 is 1.79 bits per heavy atom. The van der Waals surface area contributed by atoms with Crippen molar-refractivity contribution in [3.8, 4) is 0 Å². The lowest BCUT2D eigenvalue weighted by atomic mass is 9.95. The van der Waals surface area contributed by atoms with Gasteiger partial charge in [0.05, 0.1) is 30.9 Å². The first-order valence-corrected chi connectivity index (χ1v) is 13.8. The summed E-state index contributed by atoms with van der Waals surface area (Å²) < 4.78 is 19.2. The van der Waals surface area contributed by atoms with Crippen LogP contribution < -0.4 is 0 Å². The molecule has 3 aromatic rings. The van der Waals surface area contributed by atoms with Crippen molar-refractivity contribution in [1.29, 1.82) is 0 Å². The number of carbonyl (C=O) groups is 2. The van der Waals surface area contributed by atoms with Gasteiger partial charge in [-0.1, -0.05) is 79.7 Å². The third kappa shape index (κ3) is 5.41. The van der Waals surface area contributed by atoms with E-state index in [-0.39, 0.29) is 31.6 Å². The van der Waals surface area contributed by atoms with Crippen molar-refractivity contribution >= 4 is 23.6 Å². The van der Waals surface area contributed by atoms with Crippen LogP contribution in [0, 0.1) is 0 Å². The van der Waals surface area contributed by atoms with Gasteiger partial charge in [-0.3, -0.25) is 14.5 Å². The molecule has 0 aromatic heterocycles. The number of hydrogen-bond donors (Lipinski definition) is 1. The second-order valence-corrected chi connectivity index (χ2v) is 10.6. The molecule has 5 rings (SSSR count). The molecule has 7 nitrogen and oxygen atoms in total. The zero-order chi connectivity index (χ0) is 26.5. The molecular weight excluding hydrogens is 502 g/mol. The second kappa shape index (κ2) is 12.2. The Balaban J connectivity index is 1.52. The monoisotopic (exact) mass is 533 g/mol. The minimum Gasteiger partial charge on any atom is -0.394 e. The summed E-state index contributed by atoms with van der Waals surface area (Å²) in [4.78, 5) is 28.5. The number of thioether (sulfide) groups is 1. The average molecular weight is 534 g/mol. The molecule has 0 bridgehead atoms. The number of amides is 2. The van der Waals surface area contributed by atoms with Gasteiger partial charge in [-0.25, -0.2) is 0 Å². The summed E-state index contributed by atoms with van der Waals surface area (Å²) in [5, 5.41) is 10.3. The molecular formula is C30H31NO6S. The summed E-state index contributed by atoms with van der Waals surface area (Å²) >= 11 is 1.48. The first-order chi connectivity index (χ1) is 18.6. The number of carbonyl (C=O) groups excluding carboxylic acids is 2. The van der Waals surface area contributed by atoms with Crippen molar-refractivity contribution in [3.05, 3.63) is 107 Å². The molecule has 2 aliphatic heterocycles. The van der Waals surface area contributed by atoms with Gasteiger partial charge in [0.1, 0.15) is 29.8 Å². The molecule has 2 unspecified atom stereocenters. The Kier molecular flexibility index (Phi) is 8.56. The summed E-state index contributed by atoms with van der Waals surface area (Å²) in [6, 6.07) is 25.5. The predicted molar refractivity (Wildman–Crippen MR) is 145 cm³/mol. The average Bonchev–Trinajstić information content (AvgIpc) is 3.21. The summed E-state index contributed by atoms with van der Waals surface area (Å²) in [6.07, 6.45) is -2.17. The highest BCUT2D eigenvalue weighted by atomic mass is 32.2. The van der Waals surface area contributed by atoms with E-state index in [1.54, 1.807) is 24.3 Å². The Morgan fingerprint density at radius 1 is 0.789 bits per heavy atom. The minimum atomic E-state index is -0.764. The van der Waals surface area contributed by atoms with Crippen LogP contribution in [0.4, 0.5) is 0 Å². The topological polar surface area (TPSA) is 85.3 Å². The molecule has 0 radical (unpaired) electrons. The van der Waals surface area contributed by atoms with Crippen LogP contribution in [-0.2, 0) is 27.4 Å². The van der Waals surface area contributed by atoms with E-state index in [4.69, 9.17) is 14.2 Å². The molecule has 3 aromatic carbocycles. The lowest BCUT2D eigenvalue weighted by Gasteiger charge is -2.48. The van der Waals surface area contributed by atoms with Gasteiger partial charge >= 0.3 is 0 Å². The van der Waals surface area contributed by atoms with Crippen LogP contribution in [0.1, 0.15) is 38.8 Å². The molecule has 1 fully saturated rings. The van der Waals surface area contributed by atoms with Gasteiger partial charge in [0.15, 0.2) is 0 Å². The standard InChI is InChI=1S/C30H31NO6S/c1-2-38-30-25(31-28(33)22-15-9-10-16-23(22)29(31)34)27(36-19-21-13-7-4-8-14-21)26(24(17-32)37-30)35-18-20-11-5-3-6-12-20/h3-16,24-27,30,32H,2,17-19H2,1H3/t24?,25-,26+,27?,30-/m0/s1. The molecule has 2 amide bonds. The summed E-state index contributed by atoms with van der Waals surface area (Å²) in [5.41, 5.74) is 2.03. The van der Waals surface area contributed by atoms with Crippen molar-refractivity contribution in [2.24, 2.45) is 0 Å². The largest absolute Gasteiger partial charge is 0.394 e. The fraction of sp³-hybridized carbons (Fsp3) is 0.333. The maximum atomic E-state index is 13.6. The smallest absolute Gasteiger partial charge is 0.262 e. The molecule has 0 aliphatic carbocycles. The molecule has 5 atom stereocenters. The predicted octanol–water partition coefficient (Wildman–Crippen LogP) is 4.29. The molecule has 1 saturated heterocycles. The number of imide groups is 1. The van der Waals surface area contributed by atoms with Crippen molar-refractivity contribution in [1.82, 2.24) is 4.90 Å². The van der Waals surface area contributed by atoms with Gasteiger partial charge in [-0.05, 0) is 29.0 Å². The normalized spacial score (nSPS) is 25.0. The maximum Gasteiger partial charge on any atom is 0.262 e. The van der Waals surface area contributed by atoms with Gasteiger partial charge in [0, 0.05) is 0 Å². The number of nitrogens with zero attached hydrogens (tertiary/aromatic N) is 1. The number of hydrogen-bond acceptors (Lipinski definition) is 7. The van der Waals surface area contributed by atoms with Gasteiger partial charge in [0.25, 0.3) is 11.8 Å². The lowest BCUT2D eigenvalue weighted by molar-refractivity contribution is -0.219. The molecule has 198 valence electrons. The van der Waals surface area contributed by atoms with Gasteiger partial charge < -0.3 is 19.3 Å². The number of aliphatic hydroxyl groups excluding tert-OH is 1. The molecule has 38 heavy (non-hydrogen) atoms. The van der Waals surface area contributed by atoms with Gasteiger partial charge in [0.2, 0.25) is 0 Å². The van der Waals surface area contributed by atoms with Crippen LogP contribution in [0.5, 0.6) is 0 Å². The molecule has 2 heterocycles. The quantitative estimate of drug-likeness (QED) is 0.389. The van der Waals surface area contributed by atoms with Gasteiger partial charge in [-0.2, -0.15) is 0 Å². The summed E-state index contributed by atoms with van der Waals surface area (Å²) in [5.74, 6) is -0.0689. The third-order valence-corrected chi connectivity index (χ3v) is 7.87. The Hall–Kier alpha value is -3.01. The number of benzene rings is 3. The molecule has 2 aliphatic rings. The SMILES string of the molecule is CCS[C@@H]1OC(CO)[C@@H](OCc2ccccc2)C(OCc2ccccc2)[C@@H]1N1C(=O)c2ccccc2C1=O. The highest BCUT2D eigenvalue weighted by Crippen LogP contribution is 2.38. The van der Waals surface area contributed by atoms with Crippen LogP contribution in [-0.4, -0.2) is 64.0 Å². The van der Waals surface area contributed by atoms with E-state index in [1.165, 1.54) is 16.7 Å². The van der Waals surface area contributed by atoms with Crippen molar-refractivity contribution in [3.63, 3.8) is 0 Å².